The standard InChI is InChI=1S/C57H41N5/c1-38-23-27-42(28-24-38)59(43-29-25-39(2)26-30-43)44-31-33-45(34-32-44)60-50-20-9-6-17-47(50)55-53(60)35-36-54-56(55)48-18-7-10-21-51(48)61(54)46-16-12-13-40(37-46)57-58-49-19-8-11-22-52(49)62(57)41-14-4-3-5-15-41/h3-37H,1-2H3. The molecule has 12 rings (SSSR count). The fraction of sp³-hybridized carbons (Fsp3) is 0.0351. The van der Waals surface area contributed by atoms with Crippen LogP contribution in [-0.4, -0.2) is 18.7 Å². The Bertz CT molecular complexity index is 3580. The topological polar surface area (TPSA) is 30.9 Å². The molecule has 0 atom stereocenters. The minimum atomic E-state index is 0.914. The molecule has 9 aromatic carbocycles. The lowest BCUT2D eigenvalue weighted by Crippen LogP contribution is -2.10. The average molecular weight is 796 g/mol. The van der Waals surface area contributed by atoms with Crippen LogP contribution in [0.1, 0.15) is 11.1 Å². The lowest BCUT2D eigenvalue weighted by molar-refractivity contribution is 1.10. The number of aromatic nitrogens is 4. The molecule has 0 saturated heterocycles. The second kappa shape index (κ2) is 14.3. The number of rotatable bonds is 7. The van der Waals surface area contributed by atoms with Gasteiger partial charge in [-0.15, -0.1) is 0 Å². The predicted molar refractivity (Wildman–Crippen MR) is 259 cm³/mol. The van der Waals surface area contributed by atoms with Gasteiger partial charge in [0.1, 0.15) is 5.82 Å². The van der Waals surface area contributed by atoms with Crippen LogP contribution in [0.4, 0.5) is 17.1 Å². The van der Waals surface area contributed by atoms with E-state index in [2.05, 4.69) is 245 Å². The molecule has 0 radical (unpaired) electrons. The fourth-order valence-electron chi connectivity index (χ4n) is 9.50. The average Bonchev–Trinajstić information content (AvgIpc) is 3.99. The first-order valence-corrected chi connectivity index (χ1v) is 21.2. The minimum absolute atomic E-state index is 0.914. The zero-order chi connectivity index (χ0) is 41.3. The largest absolute Gasteiger partial charge is 0.311 e. The summed E-state index contributed by atoms with van der Waals surface area (Å²) in [6.07, 6.45) is 0. The molecule has 12 aromatic rings. The lowest BCUT2D eigenvalue weighted by atomic mass is 10.1. The van der Waals surface area contributed by atoms with Crippen molar-refractivity contribution in [1.82, 2.24) is 18.7 Å². The summed E-state index contributed by atoms with van der Waals surface area (Å²) in [5, 5.41) is 4.95. The van der Waals surface area contributed by atoms with Gasteiger partial charge in [0.05, 0.1) is 33.1 Å². The Kier molecular flexibility index (Phi) is 8.22. The number of hydrogen-bond acceptors (Lipinski definition) is 2. The van der Waals surface area contributed by atoms with E-state index in [1.807, 2.05) is 0 Å². The maximum Gasteiger partial charge on any atom is 0.145 e. The highest BCUT2D eigenvalue weighted by atomic mass is 15.1. The van der Waals surface area contributed by atoms with E-state index < -0.39 is 0 Å². The molecule has 62 heavy (non-hydrogen) atoms. The van der Waals surface area contributed by atoms with Crippen LogP contribution in [0.3, 0.4) is 0 Å². The van der Waals surface area contributed by atoms with Crippen molar-refractivity contribution in [2.45, 2.75) is 13.8 Å². The van der Waals surface area contributed by atoms with E-state index in [-0.39, 0.29) is 0 Å². The van der Waals surface area contributed by atoms with Gasteiger partial charge in [0.2, 0.25) is 0 Å². The Hall–Kier alpha value is -8.15. The quantitative estimate of drug-likeness (QED) is 0.161. The molecule has 3 heterocycles. The molecule has 0 amide bonds. The van der Waals surface area contributed by atoms with Crippen molar-refractivity contribution in [2.75, 3.05) is 4.90 Å². The number of anilines is 3. The van der Waals surface area contributed by atoms with Gasteiger partial charge in [0, 0.05) is 61.2 Å². The second-order valence-electron chi connectivity index (χ2n) is 16.2. The number of imidazole rings is 1. The van der Waals surface area contributed by atoms with Crippen LogP contribution in [0.25, 0.3) is 83.1 Å². The highest BCUT2D eigenvalue weighted by molar-refractivity contribution is 6.29. The Morgan fingerprint density at radius 3 is 1.42 bits per heavy atom. The second-order valence-corrected chi connectivity index (χ2v) is 16.2. The first-order chi connectivity index (χ1) is 30.6. The van der Waals surface area contributed by atoms with Crippen LogP contribution >= 0.6 is 0 Å². The van der Waals surface area contributed by atoms with Crippen LogP contribution in [0.15, 0.2) is 212 Å². The van der Waals surface area contributed by atoms with Gasteiger partial charge in [-0.05, 0) is 123 Å². The molecule has 0 bridgehead atoms. The highest BCUT2D eigenvalue weighted by Gasteiger charge is 2.22. The zero-order valence-corrected chi connectivity index (χ0v) is 34.4. The van der Waals surface area contributed by atoms with Gasteiger partial charge in [-0.25, -0.2) is 4.98 Å². The van der Waals surface area contributed by atoms with Crippen molar-refractivity contribution in [3.63, 3.8) is 0 Å². The Labute approximate surface area is 359 Å². The first-order valence-electron chi connectivity index (χ1n) is 21.2. The van der Waals surface area contributed by atoms with E-state index in [0.717, 1.165) is 67.6 Å². The van der Waals surface area contributed by atoms with Gasteiger partial charge < -0.3 is 14.0 Å². The SMILES string of the molecule is Cc1ccc(N(c2ccc(C)cc2)c2ccc(-n3c4ccccc4c4c5c6ccccc6n(-c6cccc(-c7nc8ccccc8n7-c7ccccc7)c6)c5ccc43)cc2)cc1. The van der Waals surface area contributed by atoms with E-state index in [1.165, 1.54) is 43.7 Å². The van der Waals surface area contributed by atoms with Crippen molar-refractivity contribution < 1.29 is 0 Å². The Morgan fingerprint density at radius 2 is 0.823 bits per heavy atom. The molecule has 5 nitrogen and oxygen atoms in total. The van der Waals surface area contributed by atoms with Crippen molar-refractivity contribution in [3.05, 3.63) is 223 Å². The summed E-state index contributed by atoms with van der Waals surface area (Å²) in [6, 6.07) is 76.6. The van der Waals surface area contributed by atoms with E-state index >= 15 is 0 Å². The molecule has 0 saturated carbocycles. The number of nitrogens with zero attached hydrogens (tertiary/aromatic N) is 5. The van der Waals surface area contributed by atoms with Gasteiger partial charge in [-0.1, -0.05) is 114 Å². The third kappa shape index (κ3) is 5.66. The molecular weight excluding hydrogens is 755 g/mol. The number of para-hydroxylation sites is 5. The summed E-state index contributed by atoms with van der Waals surface area (Å²) < 4.78 is 7.12. The molecule has 0 fully saturated rings. The number of aryl methyl sites for hydroxylation is 2. The normalized spacial score (nSPS) is 11.7. The van der Waals surface area contributed by atoms with Gasteiger partial charge >= 0.3 is 0 Å². The smallest absolute Gasteiger partial charge is 0.145 e. The van der Waals surface area contributed by atoms with Crippen molar-refractivity contribution in [3.8, 4) is 28.5 Å². The predicted octanol–water partition coefficient (Wildman–Crippen LogP) is 15.0. The maximum absolute atomic E-state index is 5.21. The molecule has 294 valence electrons. The van der Waals surface area contributed by atoms with E-state index in [1.54, 1.807) is 0 Å². The molecule has 3 aromatic heterocycles. The lowest BCUT2D eigenvalue weighted by Gasteiger charge is -2.26. The molecule has 0 aliphatic heterocycles. The van der Waals surface area contributed by atoms with Crippen LogP contribution in [0, 0.1) is 13.8 Å². The number of hydrogen-bond donors (Lipinski definition) is 0. The highest BCUT2D eigenvalue weighted by Crippen LogP contribution is 2.43. The number of fused-ring (bicyclic) bond motifs is 8. The molecular formula is C57H41N5. The molecule has 0 aliphatic carbocycles. The van der Waals surface area contributed by atoms with Gasteiger partial charge in [-0.2, -0.15) is 0 Å². The summed E-state index contributed by atoms with van der Waals surface area (Å²) in [6.45, 7) is 4.27. The summed E-state index contributed by atoms with van der Waals surface area (Å²) in [4.78, 5) is 7.55. The Morgan fingerprint density at radius 1 is 0.355 bits per heavy atom. The van der Waals surface area contributed by atoms with E-state index in [0.29, 0.717) is 0 Å². The van der Waals surface area contributed by atoms with Crippen molar-refractivity contribution in [2.24, 2.45) is 0 Å². The van der Waals surface area contributed by atoms with E-state index in [4.69, 9.17) is 4.98 Å². The third-order valence-corrected chi connectivity index (χ3v) is 12.4. The first kappa shape index (κ1) is 35.8. The summed E-state index contributed by atoms with van der Waals surface area (Å²) >= 11 is 0. The van der Waals surface area contributed by atoms with Crippen molar-refractivity contribution in [1.29, 1.82) is 0 Å². The van der Waals surface area contributed by atoms with Crippen LogP contribution in [-0.2, 0) is 0 Å². The van der Waals surface area contributed by atoms with Crippen LogP contribution < -0.4 is 4.90 Å². The van der Waals surface area contributed by atoms with Crippen LogP contribution in [0.2, 0.25) is 0 Å². The van der Waals surface area contributed by atoms with Crippen LogP contribution in [0.5, 0.6) is 0 Å². The monoisotopic (exact) mass is 795 g/mol. The Balaban J connectivity index is 1.03. The van der Waals surface area contributed by atoms with Gasteiger partial charge in [0.15, 0.2) is 0 Å². The van der Waals surface area contributed by atoms with E-state index in [9.17, 15) is 0 Å². The summed E-state index contributed by atoms with van der Waals surface area (Å²) in [5.41, 5.74) is 16.9. The van der Waals surface area contributed by atoms with Gasteiger partial charge in [0.25, 0.3) is 0 Å². The maximum atomic E-state index is 5.21. The molecule has 5 heteroatoms. The zero-order valence-electron chi connectivity index (χ0n) is 34.4. The molecule has 0 N–H and O–H groups in total. The summed E-state index contributed by atoms with van der Waals surface area (Å²) in [7, 11) is 0. The number of benzene rings is 9. The third-order valence-electron chi connectivity index (χ3n) is 12.4. The minimum Gasteiger partial charge on any atom is -0.311 e. The van der Waals surface area contributed by atoms with Gasteiger partial charge in [-0.3, -0.25) is 4.57 Å². The summed E-state index contributed by atoms with van der Waals surface area (Å²) in [5.74, 6) is 0.914. The fourth-order valence-corrected chi connectivity index (χ4v) is 9.50. The van der Waals surface area contributed by atoms with Crippen molar-refractivity contribution >= 4 is 71.7 Å². The molecule has 0 spiro atoms. The molecule has 0 unspecified atom stereocenters. The molecule has 0 aliphatic rings.